The average molecular weight is 844 g/mol. The van der Waals surface area contributed by atoms with E-state index >= 15 is 0 Å². The number of phosphoric acid groups is 1. The van der Waals surface area contributed by atoms with E-state index in [9.17, 15) is 29.3 Å². The molecule has 0 aliphatic rings. The number of hydrogen-bond acceptors (Lipinski definition) is 10. The molecule has 0 rings (SSSR count). The molecule has 0 aromatic heterocycles. The summed E-state index contributed by atoms with van der Waals surface area (Å²) in [7, 11) is -4.45. The minimum absolute atomic E-state index is 0.00809. The Morgan fingerprint density at radius 3 is 1.83 bits per heavy atom. The maximum absolute atomic E-state index is 12.6. The summed E-state index contributed by atoms with van der Waals surface area (Å²) >= 11 is 0. The summed E-state index contributed by atoms with van der Waals surface area (Å²) < 4.78 is 32.5. The van der Waals surface area contributed by atoms with Gasteiger partial charge in [-0.3, -0.25) is 18.6 Å². The van der Waals surface area contributed by atoms with Gasteiger partial charge in [0.05, 0.1) is 25.4 Å². The Bertz CT molecular complexity index is 1410. The van der Waals surface area contributed by atoms with Crippen molar-refractivity contribution < 1.29 is 47.8 Å². The fourth-order valence-electron chi connectivity index (χ4n) is 4.84. The second-order valence-electron chi connectivity index (χ2n) is 13.5. The zero-order valence-electron chi connectivity index (χ0n) is 35.6. The molecule has 4 atom stereocenters. The highest BCUT2D eigenvalue weighted by molar-refractivity contribution is 7.47. The van der Waals surface area contributed by atoms with Crippen molar-refractivity contribution in [2.75, 3.05) is 26.4 Å². The predicted molar refractivity (Wildman–Crippen MR) is 240 cm³/mol. The lowest BCUT2D eigenvalue weighted by Gasteiger charge is -2.19. The molecule has 5 N–H and O–H groups in total. The zero-order chi connectivity index (χ0) is 43.5. The number of allylic oxidation sites excluding steroid dienone is 16. The summed E-state index contributed by atoms with van der Waals surface area (Å²) in [6.45, 7) is 3.19. The molecule has 0 aromatic carbocycles. The van der Waals surface area contributed by atoms with E-state index in [1.54, 1.807) is 30.4 Å². The van der Waals surface area contributed by atoms with E-state index in [1.165, 1.54) is 19.3 Å². The quantitative estimate of drug-likeness (QED) is 0.0154. The third kappa shape index (κ3) is 40.9. The van der Waals surface area contributed by atoms with Crippen molar-refractivity contribution >= 4 is 19.8 Å². The fraction of sp³-hybridized carbons (Fsp3) is 0.532. The first-order valence-corrected chi connectivity index (χ1v) is 22.7. The summed E-state index contributed by atoms with van der Waals surface area (Å²) in [5.74, 6) is -1.09. The summed E-state index contributed by atoms with van der Waals surface area (Å²) in [5, 5.41) is 20.0. The summed E-state index contributed by atoms with van der Waals surface area (Å²) in [6, 6.07) is 0. The standard InChI is InChI=1S/C47H74NO10P/c1-3-5-7-8-9-10-11-12-13-14-15-16-17-18-22-25-31-38-47(52)58-45(42-57-59(53,54)56-40-39-48)41-55-46(51)37-32-26-30-36-44(50)35-29-24-21-19-20-23-28-34-43(49)33-27-6-4-2/h6,9-10,12-13,15-16,18,20-24,27-30,34-36,43-45,49-50H,3-5,7-8,11,14,17,19,25-26,31-33,37-42,48H2,1-2H3,(H,53,54)/b10-9-,13-12-,16-15-,22-18-,23-20-,24-21-,27-6-,34-28+,35-29+,36-30-/t43-,44-,45-/m1/s1. The third-order valence-corrected chi connectivity index (χ3v) is 8.99. The van der Waals surface area contributed by atoms with Crippen LogP contribution in [-0.4, -0.2) is 71.7 Å². The van der Waals surface area contributed by atoms with Crippen LogP contribution in [0, 0.1) is 0 Å². The van der Waals surface area contributed by atoms with Gasteiger partial charge in [-0.05, 0) is 77.0 Å². The topological polar surface area (TPSA) is 175 Å². The number of hydrogen-bond donors (Lipinski definition) is 4. The molecule has 59 heavy (non-hydrogen) atoms. The van der Waals surface area contributed by atoms with Gasteiger partial charge in [-0.15, -0.1) is 0 Å². The van der Waals surface area contributed by atoms with Gasteiger partial charge in [-0.2, -0.15) is 0 Å². The van der Waals surface area contributed by atoms with Crippen LogP contribution < -0.4 is 5.73 Å². The van der Waals surface area contributed by atoms with Crippen LogP contribution in [0.5, 0.6) is 0 Å². The SMILES string of the molecule is CC/C=C\C[C@@H](O)/C=C/C=C\C/C=C\C=C\[C@@H](O)/C=C\CCCC(=O)OC[C@H](COP(=O)(O)OCCN)OC(=O)CCC/C=C\C/C=C\C/C=C\C/C=C\CCCCC. The highest BCUT2D eigenvalue weighted by Gasteiger charge is 2.25. The highest BCUT2D eigenvalue weighted by Crippen LogP contribution is 2.43. The number of esters is 2. The number of aliphatic hydroxyl groups is 2. The number of nitrogens with two attached hydrogens (primary N) is 1. The van der Waals surface area contributed by atoms with Gasteiger partial charge in [-0.1, -0.05) is 148 Å². The molecule has 0 saturated carbocycles. The molecule has 0 fully saturated rings. The van der Waals surface area contributed by atoms with Gasteiger partial charge < -0.3 is 30.3 Å². The fourth-order valence-corrected chi connectivity index (χ4v) is 5.60. The normalized spacial score (nSPS) is 15.6. The van der Waals surface area contributed by atoms with Crippen molar-refractivity contribution in [3.8, 4) is 0 Å². The van der Waals surface area contributed by atoms with Crippen LogP contribution in [0.2, 0.25) is 0 Å². The molecular weight excluding hydrogens is 769 g/mol. The molecule has 12 heteroatoms. The van der Waals surface area contributed by atoms with Crippen molar-refractivity contribution in [3.63, 3.8) is 0 Å². The Labute approximate surface area is 355 Å². The molecule has 0 spiro atoms. The van der Waals surface area contributed by atoms with Gasteiger partial charge in [0.25, 0.3) is 0 Å². The minimum atomic E-state index is -4.45. The molecule has 0 saturated heterocycles. The van der Waals surface area contributed by atoms with E-state index < -0.39 is 44.7 Å². The van der Waals surface area contributed by atoms with E-state index in [4.69, 9.17) is 24.3 Å². The molecule has 1 unspecified atom stereocenters. The maximum Gasteiger partial charge on any atom is 0.472 e. The van der Waals surface area contributed by atoms with E-state index in [-0.39, 0.29) is 32.6 Å². The van der Waals surface area contributed by atoms with Crippen LogP contribution in [0.3, 0.4) is 0 Å². The zero-order valence-corrected chi connectivity index (χ0v) is 36.5. The third-order valence-electron chi connectivity index (χ3n) is 8.01. The van der Waals surface area contributed by atoms with Gasteiger partial charge >= 0.3 is 19.8 Å². The monoisotopic (exact) mass is 844 g/mol. The Hall–Kier alpha value is -3.67. The van der Waals surface area contributed by atoms with E-state index in [0.29, 0.717) is 38.5 Å². The highest BCUT2D eigenvalue weighted by atomic mass is 31.2. The first kappa shape index (κ1) is 55.3. The van der Waals surface area contributed by atoms with Crippen molar-refractivity contribution in [1.82, 2.24) is 0 Å². The minimum Gasteiger partial charge on any atom is -0.462 e. The number of ether oxygens (including phenoxy) is 2. The number of carbonyl (C=O) groups excluding carboxylic acids is 2. The van der Waals surface area contributed by atoms with E-state index in [2.05, 4.69) is 50.3 Å². The van der Waals surface area contributed by atoms with Gasteiger partial charge in [0.1, 0.15) is 6.61 Å². The van der Waals surface area contributed by atoms with Crippen LogP contribution in [0.1, 0.15) is 117 Å². The molecule has 0 aromatic rings. The molecule has 0 heterocycles. The van der Waals surface area contributed by atoms with Gasteiger partial charge in [-0.25, -0.2) is 4.57 Å². The second kappa shape index (κ2) is 41.1. The molecular formula is C47H74NO10P. The largest absolute Gasteiger partial charge is 0.472 e. The summed E-state index contributed by atoms with van der Waals surface area (Å²) in [4.78, 5) is 34.8. The Morgan fingerprint density at radius 2 is 1.20 bits per heavy atom. The van der Waals surface area contributed by atoms with E-state index in [0.717, 1.165) is 32.1 Å². The van der Waals surface area contributed by atoms with Crippen molar-refractivity contribution in [2.45, 2.75) is 135 Å². The number of rotatable bonds is 37. The van der Waals surface area contributed by atoms with Crippen molar-refractivity contribution in [3.05, 3.63) is 122 Å². The van der Waals surface area contributed by atoms with E-state index in [1.807, 2.05) is 54.7 Å². The first-order valence-electron chi connectivity index (χ1n) is 21.2. The van der Waals surface area contributed by atoms with Crippen LogP contribution in [-0.2, 0) is 32.7 Å². The van der Waals surface area contributed by atoms with Crippen LogP contribution >= 0.6 is 7.82 Å². The van der Waals surface area contributed by atoms with Gasteiger partial charge in [0.15, 0.2) is 6.10 Å². The van der Waals surface area contributed by atoms with Crippen LogP contribution in [0.4, 0.5) is 0 Å². The van der Waals surface area contributed by atoms with Crippen LogP contribution in [0.25, 0.3) is 0 Å². The summed E-state index contributed by atoms with van der Waals surface area (Å²) in [5.41, 5.74) is 5.33. The average Bonchev–Trinajstić information content (AvgIpc) is 3.21. The van der Waals surface area contributed by atoms with Gasteiger partial charge in [0.2, 0.25) is 0 Å². The molecule has 0 amide bonds. The number of carbonyl (C=O) groups is 2. The number of aliphatic hydroxyl groups excluding tert-OH is 2. The first-order chi connectivity index (χ1) is 28.6. The molecule has 0 bridgehead atoms. The molecule has 0 aliphatic carbocycles. The van der Waals surface area contributed by atoms with Crippen molar-refractivity contribution in [2.24, 2.45) is 5.73 Å². The predicted octanol–water partition coefficient (Wildman–Crippen LogP) is 10.1. The Morgan fingerprint density at radius 1 is 0.627 bits per heavy atom. The smallest absolute Gasteiger partial charge is 0.462 e. The lowest BCUT2D eigenvalue weighted by atomic mass is 10.2. The lowest BCUT2D eigenvalue weighted by molar-refractivity contribution is -0.161. The molecule has 332 valence electrons. The second-order valence-corrected chi connectivity index (χ2v) is 15.0. The molecule has 0 radical (unpaired) electrons. The number of unbranched alkanes of at least 4 members (excludes halogenated alkanes) is 5. The Balaban J connectivity index is 4.54. The van der Waals surface area contributed by atoms with Crippen LogP contribution in [0.15, 0.2) is 122 Å². The molecule has 0 aliphatic heterocycles. The maximum atomic E-state index is 12.6. The van der Waals surface area contributed by atoms with Gasteiger partial charge in [0, 0.05) is 19.4 Å². The lowest BCUT2D eigenvalue weighted by Crippen LogP contribution is -2.29. The summed E-state index contributed by atoms with van der Waals surface area (Å²) in [6.07, 6.45) is 48.8. The molecule has 11 nitrogen and oxygen atoms in total. The number of phosphoric ester groups is 1. The Kier molecular flexibility index (Phi) is 38.5. The van der Waals surface area contributed by atoms with Crippen molar-refractivity contribution in [1.29, 1.82) is 0 Å².